The Balaban J connectivity index is 0.00000192. The molecule has 2 aliphatic heterocycles. The van der Waals surface area contributed by atoms with Crippen LogP contribution >= 0.6 is 12.4 Å². The van der Waals surface area contributed by atoms with Crippen LogP contribution in [-0.4, -0.2) is 49.2 Å². The summed E-state index contributed by atoms with van der Waals surface area (Å²) in [5, 5.41) is 3.32. The Morgan fingerprint density at radius 2 is 2.13 bits per heavy atom. The van der Waals surface area contributed by atoms with Gasteiger partial charge in [0.15, 0.2) is 0 Å². The molecule has 0 radical (unpaired) electrons. The maximum Gasteiger partial charge on any atom is 0.224 e. The van der Waals surface area contributed by atoms with Gasteiger partial charge in [0, 0.05) is 37.5 Å². The average Bonchev–Trinajstić information content (AvgIpc) is 2.91. The van der Waals surface area contributed by atoms with Gasteiger partial charge in [-0.05, 0) is 31.0 Å². The van der Waals surface area contributed by atoms with Gasteiger partial charge < -0.3 is 15.0 Å². The lowest BCUT2D eigenvalue weighted by Gasteiger charge is -2.27. The summed E-state index contributed by atoms with van der Waals surface area (Å²) in [5.74, 6) is 0.265. The van der Waals surface area contributed by atoms with Crippen LogP contribution in [0.3, 0.4) is 0 Å². The molecule has 3 atom stereocenters. The van der Waals surface area contributed by atoms with Crippen molar-refractivity contribution < 1.29 is 13.9 Å². The van der Waals surface area contributed by atoms with Gasteiger partial charge in [-0.3, -0.25) is 4.79 Å². The summed E-state index contributed by atoms with van der Waals surface area (Å²) in [4.78, 5) is 14.5. The van der Waals surface area contributed by atoms with Crippen molar-refractivity contribution in [2.24, 2.45) is 0 Å². The number of carbonyl (C=O) groups is 1. The number of amides is 1. The Hall–Kier alpha value is -1.17. The molecule has 1 N–H and O–H groups in total. The van der Waals surface area contributed by atoms with Crippen molar-refractivity contribution in [1.82, 2.24) is 10.2 Å². The monoisotopic (exact) mass is 342 g/mol. The lowest BCUT2D eigenvalue weighted by Crippen LogP contribution is -2.45. The molecule has 0 bridgehead atoms. The first-order chi connectivity index (χ1) is 10.6. The van der Waals surface area contributed by atoms with E-state index in [1.807, 2.05) is 17.0 Å². The van der Waals surface area contributed by atoms with Crippen molar-refractivity contribution in [3.63, 3.8) is 0 Å². The first-order valence-electron chi connectivity index (χ1n) is 7.99. The summed E-state index contributed by atoms with van der Waals surface area (Å²) in [7, 11) is 0. The van der Waals surface area contributed by atoms with E-state index in [0.717, 1.165) is 31.7 Å². The van der Waals surface area contributed by atoms with Gasteiger partial charge in [0.2, 0.25) is 5.91 Å². The molecule has 4 nitrogen and oxygen atoms in total. The van der Waals surface area contributed by atoms with Crippen LogP contribution in [0.1, 0.15) is 31.2 Å². The normalized spacial score (nSPS) is 27.6. The molecule has 1 aromatic carbocycles. The van der Waals surface area contributed by atoms with Gasteiger partial charge in [0.25, 0.3) is 0 Å². The maximum atomic E-state index is 13.0. The van der Waals surface area contributed by atoms with Crippen LogP contribution in [0.4, 0.5) is 4.39 Å². The Kier molecular flexibility index (Phi) is 6.39. The van der Waals surface area contributed by atoms with E-state index in [-0.39, 0.29) is 36.2 Å². The Morgan fingerprint density at radius 1 is 1.39 bits per heavy atom. The molecule has 3 rings (SSSR count). The molecular formula is C17H24ClFN2O2. The van der Waals surface area contributed by atoms with E-state index in [1.165, 1.54) is 12.1 Å². The quantitative estimate of drug-likeness (QED) is 0.916. The summed E-state index contributed by atoms with van der Waals surface area (Å²) in [6.45, 7) is 4.95. The molecule has 2 aliphatic rings. The molecule has 2 fully saturated rings. The summed E-state index contributed by atoms with van der Waals surface area (Å²) < 4.78 is 18.4. The first-order valence-corrected chi connectivity index (χ1v) is 7.99. The summed E-state index contributed by atoms with van der Waals surface area (Å²) in [6, 6.07) is 7.00. The topological polar surface area (TPSA) is 41.6 Å². The van der Waals surface area contributed by atoms with Crippen LogP contribution in [-0.2, 0) is 9.53 Å². The van der Waals surface area contributed by atoms with Gasteiger partial charge >= 0.3 is 0 Å². The van der Waals surface area contributed by atoms with Crippen LogP contribution < -0.4 is 5.32 Å². The van der Waals surface area contributed by atoms with Gasteiger partial charge in [-0.1, -0.05) is 12.1 Å². The minimum Gasteiger partial charge on any atom is -0.378 e. The Morgan fingerprint density at radius 3 is 2.78 bits per heavy atom. The van der Waals surface area contributed by atoms with E-state index in [2.05, 4.69) is 12.2 Å². The molecule has 2 heterocycles. The zero-order valence-electron chi connectivity index (χ0n) is 13.3. The van der Waals surface area contributed by atoms with E-state index in [0.29, 0.717) is 18.9 Å². The lowest BCUT2D eigenvalue weighted by atomic mass is 9.97. The number of carbonyl (C=O) groups excluding carboxylic acids is 1. The molecule has 23 heavy (non-hydrogen) atoms. The Bertz CT molecular complexity index is 520. The maximum absolute atomic E-state index is 13.0. The molecule has 2 saturated heterocycles. The molecule has 1 aromatic rings. The molecule has 1 amide bonds. The van der Waals surface area contributed by atoms with Crippen molar-refractivity contribution in [3.8, 4) is 0 Å². The molecule has 0 saturated carbocycles. The van der Waals surface area contributed by atoms with Crippen molar-refractivity contribution in [2.45, 2.75) is 37.8 Å². The number of likely N-dealkylation sites (tertiary alicyclic amines) is 1. The van der Waals surface area contributed by atoms with Gasteiger partial charge in [0.05, 0.1) is 13.2 Å². The summed E-state index contributed by atoms with van der Waals surface area (Å²) in [6.07, 6.45) is 1.42. The van der Waals surface area contributed by atoms with Gasteiger partial charge in [-0.15, -0.1) is 12.4 Å². The molecule has 3 unspecified atom stereocenters. The van der Waals surface area contributed by atoms with E-state index in [9.17, 15) is 9.18 Å². The highest BCUT2D eigenvalue weighted by atomic mass is 35.5. The van der Waals surface area contributed by atoms with Crippen LogP contribution in [0.2, 0.25) is 0 Å². The first kappa shape index (κ1) is 18.2. The van der Waals surface area contributed by atoms with Crippen molar-refractivity contribution >= 4 is 18.3 Å². The largest absolute Gasteiger partial charge is 0.378 e. The Labute approximate surface area is 142 Å². The van der Waals surface area contributed by atoms with E-state index in [4.69, 9.17) is 4.74 Å². The lowest BCUT2D eigenvalue weighted by molar-refractivity contribution is -0.133. The highest BCUT2D eigenvalue weighted by Crippen LogP contribution is 2.32. The fourth-order valence-corrected chi connectivity index (χ4v) is 3.43. The van der Waals surface area contributed by atoms with Crippen LogP contribution in [0.5, 0.6) is 0 Å². The second kappa shape index (κ2) is 8.08. The number of hydrogen-bond acceptors (Lipinski definition) is 3. The minimum absolute atomic E-state index is 0. The van der Waals surface area contributed by atoms with E-state index < -0.39 is 0 Å². The van der Waals surface area contributed by atoms with Crippen LogP contribution in [0.15, 0.2) is 24.3 Å². The van der Waals surface area contributed by atoms with Gasteiger partial charge in [-0.2, -0.15) is 0 Å². The number of rotatable bonds is 3. The van der Waals surface area contributed by atoms with Crippen molar-refractivity contribution in [3.05, 3.63) is 35.6 Å². The molecule has 0 aromatic heterocycles. The van der Waals surface area contributed by atoms with Crippen molar-refractivity contribution in [2.75, 3.05) is 26.3 Å². The third kappa shape index (κ3) is 4.43. The molecule has 0 aliphatic carbocycles. The third-order valence-corrected chi connectivity index (χ3v) is 4.66. The standard InChI is InChI=1S/C17H23FN2O2.ClH/c1-12-8-14(13-2-4-15(18)5-3-13)10-20(12)17(21)9-16-11-22-7-6-19-16;/h2-5,12,14,16,19H,6-11H2,1H3;1H. The molecule has 0 spiro atoms. The number of halogens is 2. The second-order valence-electron chi connectivity index (χ2n) is 6.31. The third-order valence-electron chi connectivity index (χ3n) is 4.66. The number of nitrogens with zero attached hydrogens (tertiary/aromatic N) is 1. The van der Waals surface area contributed by atoms with Gasteiger partial charge in [-0.25, -0.2) is 4.39 Å². The number of benzene rings is 1. The SMILES string of the molecule is CC1CC(c2ccc(F)cc2)CN1C(=O)CC1COCCN1.Cl. The predicted molar refractivity (Wildman–Crippen MR) is 89.4 cm³/mol. The zero-order chi connectivity index (χ0) is 15.5. The number of nitrogens with one attached hydrogen (secondary N) is 1. The average molecular weight is 343 g/mol. The summed E-state index contributed by atoms with van der Waals surface area (Å²) in [5.41, 5.74) is 1.11. The highest BCUT2D eigenvalue weighted by Gasteiger charge is 2.34. The highest BCUT2D eigenvalue weighted by molar-refractivity contribution is 5.85. The molecular weight excluding hydrogens is 319 g/mol. The molecule has 6 heteroatoms. The predicted octanol–water partition coefficient (Wildman–Crippen LogP) is 2.33. The minimum atomic E-state index is -0.217. The smallest absolute Gasteiger partial charge is 0.224 e. The fourth-order valence-electron chi connectivity index (χ4n) is 3.43. The van der Waals surface area contributed by atoms with E-state index in [1.54, 1.807) is 0 Å². The fraction of sp³-hybridized carbons (Fsp3) is 0.588. The van der Waals surface area contributed by atoms with Crippen LogP contribution in [0.25, 0.3) is 0 Å². The summed E-state index contributed by atoms with van der Waals surface area (Å²) >= 11 is 0. The number of morpholine rings is 1. The second-order valence-corrected chi connectivity index (χ2v) is 6.31. The zero-order valence-corrected chi connectivity index (χ0v) is 14.2. The number of hydrogen-bond donors (Lipinski definition) is 1. The van der Waals surface area contributed by atoms with Gasteiger partial charge in [0.1, 0.15) is 5.82 Å². The van der Waals surface area contributed by atoms with Crippen molar-refractivity contribution in [1.29, 1.82) is 0 Å². The van der Waals surface area contributed by atoms with E-state index >= 15 is 0 Å². The van der Waals surface area contributed by atoms with Crippen LogP contribution in [0, 0.1) is 5.82 Å². The number of ether oxygens (including phenoxy) is 1. The molecule has 128 valence electrons.